The summed E-state index contributed by atoms with van der Waals surface area (Å²) in [7, 11) is 0. The first-order chi connectivity index (χ1) is 14.2. The highest BCUT2D eigenvalue weighted by Crippen LogP contribution is 2.29. The SMILES string of the molecule is Cc1ccc(-c2n[nH]c3c2CN(C(=O)CCc2c[nH]c4ccccc24)CC3)cc1. The number of H-pyrrole nitrogens is 2. The Bertz CT molecular complexity index is 1170. The van der Waals surface area contributed by atoms with Gasteiger partial charge in [-0.15, -0.1) is 0 Å². The zero-order valence-electron chi connectivity index (χ0n) is 16.5. The lowest BCUT2D eigenvalue weighted by molar-refractivity contribution is -0.132. The van der Waals surface area contributed by atoms with Crippen molar-refractivity contribution in [2.24, 2.45) is 0 Å². The highest BCUT2D eigenvalue weighted by atomic mass is 16.2. The number of hydrogen-bond acceptors (Lipinski definition) is 2. The summed E-state index contributed by atoms with van der Waals surface area (Å²) in [4.78, 5) is 18.2. The lowest BCUT2D eigenvalue weighted by Gasteiger charge is -2.27. The van der Waals surface area contributed by atoms with E-state index >= 15 is 0 Å². The monoisotopic (exact) mass is 384 g/mol. The lowest BCUT2D eigenvalue weighted by Crippen LogP contribution is -2.36. The van der Waals surface area contributed by atoms with E-state index in [9.17, 15) is 4.79 Å². The molecule has 0 spiro atoms. The first-order valence-corrected chi connectivity index (χ1v) is 10.1. The normalized spacial score (nSPS) is 13.6. The van der Waals surface area contributed by atoms with Crippen LogP contribution in [-0.4, -0.2) is 32.5 Å². The summed E-state index contributed by atoms with van der Waals surface area (Å²) >= 11 is 0. The van der Waals surface area contributed by atoms with Crippen LogP contribution in [-0.2, 0) is 24.2 Å². The van der Waals surface area contributed by atoms with E-state index in [1.165, 1.54) is 16.5 Å². The van der Waals surface area contributed by atoms with Crippen LogP contribution in [0.4, 0.5) is 0 Å². The summed E-state index contributed by atoms with van der Waals surface area (Å²) < 4.78 is 0. The van der Waals surface area contributed by atoms with Crippen molar-refractivity contribution >= 4 is 16.8 Å². The molecule has 5 heteroatoms. The van der Waals surface area contributed by atoms with E-state index in [2.05, 4.69) is 58.5 Å². The van der Waals surface area contributed by atoms with E-state index in [1.807, 2.05) is 23.2 Å². The summed E-state index contributed by atoms with van der Waals surface area (Å²) in [5.74, 6) is 0.206. The van der Waals surface area contributed by atoms with Crippen LogP contribution < -0.4 is 0 Å². The van der Waals surface area contributed by atoms with Crippen LogP contribution in [0.3, 0.4) is 0 Å². The Morgan fingerprint density at radius 1 is 1.14 bits per heavy atom. The molecule has 0 bridgehead atoms. The van der Waals surface area contributed by atoms with Crippen LogP contribution in [0.15, 0.2) is 54.7 Å². The molecule has 1 aliphatic heterocycles. The number of nitrogens with zero attached hydrogens (tertiary/aromatic N) is 2. The highest BCUT2D eigenvalue weighted by Gasteiger charge is 2.25. The van der Waals surface area contributed by atoms with Crippen LogP contribution in [0.5, 0.6) is 0 Å². The van der Waals surface area contributed by atoms with E-state index in [1.54, 1.807) is 0 Å². The van der Waals surface area contributed by atoms with Gasteiger partial charge in [-0.05, 0) is 25.0 Å². The van der Waals surface area contributed by atoms with Crippen LogP contribution in [0.2, 0.25) is 0 Å². The number of fused-ring (bicyclic) bond motifs is 2. The zero-order chi connectivity index (χ0) is 19.8. The number of carbonyl (C=O) groups is 1. The highest BCUT2D eigenvalue weighted by molar-refractivity contribution is 5.84. The molecule has 0 aliphatic carbocycles. The maximum atomic E-state index is 12.9. The molecule has 146 valence electrons. The Labute approximate surface area is 169 Å². The van der Waals surface area contributed by atoms with Gasteiger partial charge in [-0.3, -0.25) is 9.89 Å². The van der Waals surface area contributed by atoms with Gasteiger partial charge in [0.1, 0.15) is 0 Å². The van der Waals surface area contributed by atoms with Gasteiger partial charge >= 0.3 is 0 Å². The minimum absolute atomic E-state index is 0.206. The number of para-hydroxylation sites is 1. The van der Waals surface area contributed by atoms with Crippen molar-refractivity contribution < 1.29 is 4.79 Å². The summed E-state index contributed by atoms with van der Waals surface area (Å²) in [6.07, 6.45) is 4.13. The minimum atomic E-state index is 0.206. The fraction of sp³-hybridized carbons (Fsp3) is 0.250. The first-order valence-electron chi connectivity index (χ1n) is 10.1. The number of benzene rings is 2. The molecular formula is C24H24N4O. The van der Waals surface area contributed by atoms with Gasteiger partial charge in [0.25, 0.3) is 0 Å². The smallest absolute Gasteiger partial charge is 0.223 e. The number of aromatic amines is 2. The van der Waals surface area contributed by atoms with Crippen molar-refractivity contribution in [2.75, 3.05) is 6.54 Å². The molecule has 0 fully saturated rings. The van der Waals surface area contributed by atoms with Crippen LogP contribution in [0.1, 0.15) is 28.8 Å². The van der Waals surface area contributed by atoms with Crippen LogP contribution in [0, 0.1) is 6.92 Å². The Balaban J connectivity index is 1.31. The van der Waals surface area contributed by atoms with Crippen molar-refractivity contribution in [1.82, 2.24) is 20.1 Å². The average molecular weight is 384 g/mol. The van der Waals surface area contributed by atoms with Gasteiger partial charge in [-0.25, -0.2) is 0 Å². The summed E-state index contributed by atoms with van der Waals surface area (Å²) in [6.45, 7) is 3.45. The molecule has 2 N–H and O–H groups in total. The van der Waals surface area contributed by atoms with E-state index in [0.29, 0.717) is 13.0 Å². The minimum Gasteiger partial charge on any atom is -0.361 e. The molecule has 0 radical (unpaired) electrons. The number of aromatic nitrogens is 3. The van der Waals surface area contributed by atoms with Gasteiger partial charge in [0, 0.05) is 59.9 Å². The van der Waals surface area contributed by atoms with E-state index in [0.717, 1.165) is 47.4 Å². The molecule has 1 amide bonds. The molecule has 4 aromatic rings. The molecule has 5 nitrogen and oxygen atoms in total. The Morgan fingerprint density at radius 3 is 2.83 bits per heavy atom. The van der Waals surface area contributed by atoms with Gasteiger partial charge in [0.15, 0.2) is 0 Å². The summed E-state index contributed by atoms with van der Waals surface area (Å²) in [6, 6.07) is 16.6. The van der Waals surface area contributed by atoms with Crippen molar-refractivity contribution in [1.29, 1.82) is 0 Å². The van der Waals surface area contributed by atoms with Crippen molar-refractivity contribution in [3.05, 3.63) is 77.1 Å². The molecule has 0 atom stereocenters. The predicted molar refractivity (Wildman–Crippen MR) is 115 cm³/mol. The molecule has 2 aromatic carbocycles. The van der Waals surface area contributed by atoms with Crippen molar-refractivity contribution in [3.63, 3.8) is 0 Å². The second-order valence-corrected chi connectivity index (χ2v) is 7.82. The summed E-state index contributed by atoms with van der Waals surface area (Å²) in [5.41, 5.74) is 7.93. The van der Waals surface area contributed by atoms with Gasteiger partial charge in [-0.2, -0.15) is 5.10 Å². The Hall–Kier alpha value is -3.34. The zero-order valence-corrected chi connectivity index (χ0v) is 16.5. The molecule has 2 aromatic heterocycles. The lowest BCUT2D eigenvalue weighted by atomic mass is 9.99. The molecule has 3 heterocycles. The van der Waals surface area contributed by atoms with Gasteiger partial charge < -0.3 is 9.88 Å². The number of rotatable bonds is 4. The molecule has 0 saturated heterocycles. The summed E-state index contributed by atoms with van der Waals surface area (Å²) in [5, 5.41) is 8.93. The second-order valence-electron chi connectivity index (χ2n) is 7.82. The number of hydrogen-bond donors (Lipinski definition) is 2. The number of nitrogens with one attached hydrogen (secondary N) is 2. The number of aryl methyl sites for hydroxylation is 2. The van der Waals surface area contributed by atoms with Crippen molar-refractivity contribution in [3.8, 4) is 11.3 Å². The van der Waals surface area contributed by atoms with Crippen LogP contribution >= 0.6 is 0 Å². The van der Waals surface area contributed by atoms with E-state index < -0.39 is 0 Å². The molecule has 0 unspecified atom stereocenters. The fourth-order valence-electron chi connectivity index (χ4n) is 4.20. The molecule has 1 aliphatic rings. The van der Waals surface area contributed by atoms with E-state index in [4.69, 9.17) is 0 Å². The van der Waals surface area contributed by atoms with Gasteiger partial charge in [0.05, 0.1) is 5.69 Å². The third kappa shape index (κ3) is 3.33. The van der Waals surface area contributed by atoms with Gasteiger partial charge in [-0.1, -0.05) is 48.0 Å². The van der Waals surface area contributed by atoms with Crippen LogP contribution in [0.25, 0.3) is 22.2 Å². The maximum Gasteiger partial charge on any atom is 0.223 e. The topological polar surface area (TPSA) is 64.8 Å². The quantitative estimate of drug-likeness (QED) is 0.548. The first kappa shape index (κ1) is 17.7. The Kier molecular flexibility index (Phi) is 4.43. The maximum absolute atomic E-state index is 12.9. The van der Waals surface area contributed by atoms with E-state index in [-0.39, 0.29) is 5.91 Å². The Morgan fingerprint density at radius 2 is 1.97 bits per heavy atom. The van der Waals surface area contributed by atoms with Crippen molar-refractivity contribution in [2.45, 2.75) is 32.7 Å². The fourth-order valence-corrected chi connectivity index (χ4v) is 4.20. The molecule has 5 rings (SSSR count). The largest absolute Gasteiger partial charge is 0.361 e. The van der Waals surface area contributed by atoms with Gasteiger partial charge in [0.2, 0.25) is 5.91 Å². The number of carbonyl (C=O) groups excluding carboxylic acids is 1. The third-order valence-electron chi connectivity index (χ3n) is 5.89. The molecular weight excluding hydrogens is 360 g/mol. The average Bonchev–Trinajstić information content (AvgIpc) is 3.36. The predicted octanol–water partition coefficient (Wildman–Crippen LogP) is 4.38. The molecule has 29 heavy (non-hydrogen) atoms. The second kappa shape index (κ2) is 7.24. The standard InChI is InChI=1S/C24H24N4O/c1-16-6-8-17(9-7-16)24-20-15-28(13-12-22(20)26-27-24)23(29)11-10-18-14-25-21-5-3-2-4-19(18)21/h2-9,14,25H,10-13,15H2,1H3,(H,26,27). The number of amides is 1. The molecule has 0 saturated carbocycles. The third-order valence-corrected chi connectivity index (χ3v) is 5.89.